The van der Waals surface area contributed by atoms with Gasteiger partial charge in [-0.25, -0.2) is 0 Å². The first-order valence-electron chi connectivity index (χ1n) is 20.2. The van der Waals surface area contributed by atoms with Gasteiger partial charge in [-0.05, 0) is 32.1 Å². The number of hydrogen-bond acceptors (Lipinski definition) is 9. The molecule has 0 radical (unpaired) electrons. The Labute approximate surface area is 303 Å². The molecule has 0 aromatic rings. The molecular formula is C40H75NO9. The van der Waals surface area contributed by atoms with Gasteiger partial charge in [-0.3, -0.25) is 4.79 Å². The highest BCUT2D eigenvalue weighted by atomic mass is 16.7. The third-order valence-electron chi connectivity index (χ3n) is 9.64. The largest absolute Gasteiger partial charge is 0.394 e. The molecule has 10 heteroatoms. The molecule has 7 N–H and O–H groups in total. The van der Waals surface area contributed by atoms with Crippen LogP contribution in [0.4, 0.5) is 0 Å². The zero-order chi connectivity index (χ0) is 36.8. The first-order chi connectivity index (χ1) is 24.3. The summed E-state index contributed by atoms with van der Waals surface area (Å²) in [5.41, 5.74) is 0. The van der Waals surface area contributed by atoms with E-state index in [9.17, 15) is 35.4 Å². The second-order valence-corrected chi connectivity index (χ2v) is 14.2. The molecule has 1 aliphatic heterocycles. The van der Waals surface area contributed by atoms with Crippen LogP contribution in [0.25, 0.3) is 0 Å². The van der Waals surface area contributed by atoms with Gasteiger partial charge in [0.1, 0.15) is 30.5 Å². The van der Waals surface area contributed by atoms with Crippen LogP contribution in [0.2, 0.25) is 0 Å². The average molecular weight is 714 g/mol. The molecular weight excluding hydrogens is 638 g/mol. The first-order valence-corrected chi connectivity index (χ1v) is 20.2. The highest BCUT2D eigenvalue weighted by Gasteiger charge is 2.44. The van der Waals surface area contributed by atoms with Crippen molar-refractivity contribution in [1.82, 2.24) is 5.32 Å². The molecule has 1 saturated heterocycles. The number of hydrogen-bond donors (Lipinski definition) is 7. The van der Waals surface area contributed by atoms with Gasteiger partial charge in [0.15, 0.2) is 6.29 Å². The molecule has 0 spiro atoms. The van der Waals surface area contributed by atoms with Crippen molar-refractivity contribution in [2.45, 2.75) is 210 Å². The lowest BCUT2D eigenvalue weighted by Gasteiger charge is -2.40. The Morgan fingerprint density at radius 2 is 1.18 bits per heavy atom. The van der Waals surface area contributed by atoms with E-state index in [1.54, 1.807) is 6.08 Å². The van der Waals surface area contributed by atoms with Gasteiger partial charge in [-0.1, -0.05) is 154 Å². The fourth-order valence-corrected chi connectivity index (χ4v) is 6.24. The minimum absolute atomic E-state index is 0.306. The Hall–Kier alpha value is -1.37. The van der Waals surface area contributed by atoms with Gasteiger partial charge in [0.05, 0.1) is 25.4 Å². The number of carbonyl (C=O) groups excluding carboxylic acids is 1. The van der Waals surface area contributed by atoms with Crippen molar-refractivity contribution in [3.05, 3.63) is 24.3 Å². The number of allylic oxidation sites excluding steroid dienone is 3. The van der Waals surface area contributed by atoms with Gasteiger partial charge in [-0.2, -0.15) is 0 Å². The van der Waals surface area contributed by atoms with Crippen LogP contribution in [0.5, 0.6) is 0 Å². The lowest BCUT2D eigenvalue weighted by atomic mass is 9.99. The average Bonchev–Trinajstić information content (AvgIpc) is 3.11. The van der Waals surface area contributed by atoms with Crippen molar-refractivity contribution in [2.75, 3.05) is 13.2 Å². The van der Waals surface area contributed by atoms with E-state index in [0.717, 1.165) is 32.1 Å². The van der Waals surface area contributed by atoms with Gasteiger partial charge in [0.25, 0.3) is 0 Å². The molecule has 1 aliphatic rings. The Kier molecular flexibility index (Phi) is 29.1. The summed E-state index contributed by atoms with van der Waals surface area (Å²) >= 11 is 0. The lowest BCUT2D eigenvalue weighted by molar-refractivity contribution is -0.302. The van der Waals surface area contributed by atoms with E-state index in [2.05, 4.69) is 31.3 Å². The van der Waals surface area contributed by atoms with Crippen LogP contribution in [0.1, 0.15) is 162 Å². The van der Waals surface area contributed by atoms with E-state index in [4.69, 9.17) is 9.47 Å². The number of carbonyl (C=O) groups is 1. The van der Waals surface area contributed by atoms with Crippen LogP contribution >= 0.6 is 0 Å². The van der Waals surface area contributed by atoms with Crippen LogP contribution in [-0.4, -0.2) is 98.7 Å². The molecule has 0 bridgehead atoms. The van der Waals surface area contributed by atoms with Crippen molar-refractivity contribution >= 4 is 5.91 Å². The predicted molar refractivity (Wildman–Crippen MR) is 199 cm³/mol. The smallest absolute Gasteiger partial charge is 0.249 e. The summed E-state index contributed by atoms with van der Waals surface area (Å²) in [5.74, 6) is -0.628. The third kappa shape index (κ3) is 21.9. The topological polar surface area (TPSA) is 169 Å². The molecule has 1 fully saturated rings. The van der Waals surface area contributed by atoms with Crippen LogP contribution < -0.4 is 5.32 Å². The molecule has 8 atom stereocenters. The summed E-state index contributed by atoms with van der Waals surface area (Å²) in [5, 5.41) is 64.3. The molecule has 1 amide bonds. The van der Waals surface area contributed by atoms with Gasteiger partial charge in [-0.15, -0.1) is 0 Å². The normalized spacial score (nSPS) is 23.1. The third-order valence-corrected chi connectivity index (χ3v) is 9.64. The van der Waals surface area contributed by atoms with Crippen LogP contribution in [0.3, 0.4) is 0 Å². The molecule has 0 saturated carbocycles. The predicted octanol–water partition coefficient (Wildman–Crippen LogP) is 6.13. The quantitative estimate of drug-likeness (QED) is 0.0320. The number of rotatable bonds is 32. The summed E-state index contributed by atoms with van der Waals surface area (Å²) in [4.78, 5) is 12.9. The van der Waals surface area contributed by atoms with Crippen LogP contribution in [-0.2, 0) is 14.3 Å². The molecule has 0 aromatic carbocycles. The van der Waals surface area contributed by atoms with Gasteiger partial charge < -0.3 is 45.4 Å². The van der Waals surface area contributed by atoms with Crippen LogP contribution in [0, 0.1) is 0 Å². The molecule has 1 rings (SSSR count). The Morgan fingerprint density at radius 1 is 0.680 bits per heavy atom. The Bertz CT molecular complexity index is 855. The van der Waals surface area contributed by atoms with E-state index >= 15 is 0 Å². The maximum Gasteiger partial charge on any atom is 0.249 e. The van der Waals surface area contributed by atoms with Crippen molar-refractivity contribution in [2.24, 2.45) is 0 Å². The monoisotopic (exact) mass is 714 g/mol. The second-order valence-electron chi connectivity index (χ2n) is 14.2. The fourth-order valence-electron chi connectivity index (χ4n) is 6.24. The lowest BCUT2D eigenvalue weighted by Crippen LogP contribution is -2.60. The van der Waals surface area contributed by atoms with Crippen molar-refractivity contribution in [1.29, 1.82) is 0 Å². The van der Waals surface area contributed by atoms with E-state index < -0.39 is 61.5 Å². The first kappa shape index (κ1) is 46.7. The van der Waals surface area contributed by atoms with Gasteiger partial charge >= 0.3 is 0 Å². The molecule has 50 heavy (non-hydrogen) atoms. The highest BCUT2D eigenvalue weighted by molar-refractivity contribution is 5.80. The zero-order valence-corrected chi connectivity index (χ0v) is 31.5. The number of aliphatic hydroxyl groups excluding tert-OH is 6. The second kappa shape index (κ2) is 31.2. The Balaban J connectivity index is 2.54. The number of nitrogens with one attached hydrogen (secondary N) is 1. The Morgan fingerprint density at radius 3 is 1.74 bits per heavy atom. The minimum Gasteiger partial charge on any atom is -0.394 e. The van der Waals surface area contributed by atoms with Crippen molar-refractivity contribution < 1.29 is 44.9 Å². The SMILES string of the molecule is CCCCCCCCCC=CCCC=C[C@H](O)[C@@H](CO[C@@H]1O[C@H](CO)[C@@H](O)[C@H](O)[C@H]1O)NC(=O)[C@@H](O)CCCCCCCCCCCCCC. The number of amides is 1. The van der Waals surface area contributed by atoms with E-state index in [0.29, 0.717) is 19.3 Å². The van der Waals surface area contributed by atoms with Crippen LogP contribution in [0.15, 0.2) is 24.3 Å². The fraction of sp³-hybridized carbons (Fsp3) is 0.875. The minimum atomic E-state index is -1.61. The van der Waals surface area contributed by atoms with Gasteiger partial charge in [0, 0.05) is 0 Å². The summed E-state index contributed by atoms with van der Waals surface area (Å²) in [6.45, 7) is 3.54. The highest BCUT2D eigenvalue weighted by Crippen LogP contribution is 2.22. The summed E-state index contributed by atoms with van der Waals surface area (Å²) in [6.07, 6.45) is 24.1. The molecule has 294 valence electrons. The summed E-state index contributed by atoms with van der Waals surface area (Å²) in [7, 11) is 0. The molecule has 0 unspecified atom stereocenters. The van der Waals surface area contributed by atoms with E-state index in [-0.39, 0.29) is 6.61 Å². The maximum atomic E-state index is 12.9. The van der Waals surface area contributed by atoms with Crippen molar-refractivity contribution in [3.8, 4) is 0 Å². The zero-order valence-electron chi connectivity index (χ0n) is 31.5. The molecule has 0 aromatic heterocycles. The van der Waals surface area contributed by atoms with Gasteiger partial charge in [0.2, 0.25) is 5.91 Å². The van der Waals surface area contributed by atoms with Crippen molar-refractivity contribution in [3.63, 3.8) is 0 Å². The molecule has 1 heterocycles. The maximum absolute atomic E-state index is 12.9. The summed E-state index contributed by atoms with van der Waals surface area (Å²) < 4.78 is 11.1. The standard InChI is InChI=1S/C40H75NO9/c1-3-5-7-9-11-13-15-17-19-20-22-24-26-28-33(43)32(31-49-40-38(47)37(46)36(45)35(30-42)50-40)41-39(48)34(44)29-27-25-23-21-18-16-14-12-10-8-6-4-2/h19-20,26,28,32-38,40,42-47H,3-18,21-25,27,29-31H2,1-2H3,(H,41,48)/t32-,33+,34+,35-,36-,37+,38-,40-/m1/s1. The summed E-state index contributed by atoms with van der Waals surface area (Å²) in [6, 6.07) is -0.990. The molecule has 10 nitrogen and oxygen atoms in total. The van der Waals surface area contributed by atoms with E-state index in [1.165, 1.54) is 96.3 Å². The number of unbranched alkanes of at least 4 members (excludes halogenated alkanes) is 19. The molecule has 0 aliphatic carbocycles. The van der Waals surface area contributed by atoms with E-state index in [1.807, 2.05) is 6.08 Å². The number of ether oxygens (including phenoxy) is 2. The number of aliphatic hydroxyl groups is 6.